The Morgan fingerprint density at radius 2 is 2.00 bits per heavy atom. The van der Waals surface area contributed by atoms with E-state index < -0.39 is 0 Å². The lowest BCUT2D eigenvalue weighted by Gasteiger charge is -2.36. The monoisotopic (exact) mass is 503 g/mol. The Labute approximate surface area is 223 Å². The highest BCUT2D eigenvalue weighted by molar-refractivity contribution is 6.13. The minimum atomic E-state index is 0.326. The quantitative estimate of drug-likeness (QED) is 0.231. The van der Waals surface area contributed by atoms with Crippen LogP contribution in [-0.4, -0.2) is 47.9 Å². The number of likely N-dealkylation sites (N-methyl/N-ethyl adjacent to an activating group) is 1. The Morgan fingerprint density at radius 3 is 2.65 bits per heavy atom. The fourth-order valence-corrected chi connectivity index (χ4v) is 5.31. The molecule has 1 aliphatic rings. The molecule has 0 radical (unpaired) electrons. The second kappa shape index (κ2) is 13.5. The lowest BCUT2D eigenvalue weighted by Crippen LogP contribution is -2.48. The third-order valence-electron chi connectivity index (χ3n) is 7.65. The van der Waals surface area contributed by atoms with Crippen molar-refractivity contribution in [1.82, 2.24) is 15.2 Å². The summed E-state index contributed by atoms with van der Waals surface area (Å²) in [5, 5.41) is 12.5. The summed E-state index contributed by atoms with van der Waals surface area (Å²) < 4.78 is 5.76. The minimum Gasteiger partial charge on any atom is -0.497 e. The number of aryl methyl sites for hydroxylation is 1. The number of allylic oxidation sites excluding steroid dienone is 2. The highest BCUT2D eigenvalue weighted by Crippen LogP contribution is 2.29. The average molecular weight is 504 g/mol. The van der Waals surface area contributed by atoms with E-state index in [1.165, 1.54) is 11.1 Å². The highest BCUT2D eigenvalue weighted by Gasteiger charge is 2.25. The number of nitrogen functional groups attached to an aromatic ring is 1. The fourth-order valence-electron chi connectivity index (χ4n) is 5.31. The van der Waals surface area contributed by atoms with Crippen molar-refractivity contribution in [3.05, 3.63) is 81.9 Å². The number of hydrogen-bond donors (Lipinski definition) is 3. The first-order valence-corrected chi connectivity index (χ1v) is 13.7. The van der Waals surface area contributed by atoms with Gasteiger partial charge in [-0.1, -0.05) is 32.4 Å². The number of ether oxygens (including phenoxy) is 1. The molecule has 0 amide bonds. The molecular formula is C31H45N5O. The van der Waals surface area contributed by atoms with Gasteiger partial charge in [-0.3, -0.25) is 15.3 Å². The Kier molecular flexibility index (Phi) is 10.5. The Hall–Kier alpha value is -2.96. The lowest BCUT2D eigenvalue weighted by molar-refractivity contribution is 0.180. The van der Waals surface area contributed by atoms with Crippen molar-refractivity contribution in [3.8, 4) is 0 Å². The van der Waals surface area contributed by atoms with E-state index in [1.807, 2.05) is 31.2 Å². The van der Waals surface area contributed by atoms with Gasteiger partial charge in [0.15, 0.2) is 0 Å². The van der Waals surface area contributed by atoms with E-state index in [9.17, 15) is 0 Å². The molecule has 0 fully saturated rings. The highest BCUT2D eigenvalue weighted by atomic mass is 16.5. The first kappa shape index (κ1) is 28.6. The second-order valence-electron chi connectivity index (χ2n) is 9.93. The van der Waals surface area contributed by atoms with Crippen LogP contribution in [-0.2, 0) is 11.3 Å². The maximum atomic E-state index is 8.74. The van der Waals surface area contributed by atoms with Crippen molar-refractivity contribution >= 4 is 11.4 Å². The molecule has 0 saturated heterocycles. The number of benzene rings is 1. The van der Waals surface area contributed by atoms with Crippen LogP contribution in [0, 0.1) is 12.3 Å². The summed E-state index contributed by atoms with van der Waals surface area (Å²) in [5.41, 5.74) is 13.8. The maximum absolute atomic E-state index is 8.74. The Bertz CT molecular complexity index is 1140. The maximum Gasteiger partial charge on any atom is 0.119 e. The molecule has 0 spiro atoms. The average Bonchev–Trinajstić information content (AvgIpc) is 2.92. The molecule has 6 heteroatoms. The van der Waals surface area contributed by atoms with Crippen molar-refractivity contribution in [1.29, 1.82) is 5.41 Å². The number of nitrogens with one attached hydrogen (secondary N) is 2. The molecule has 2 atom stereocenters. The molecule has 4 N–H and O–H groups in total. The summed E-state index contributed by atoms with van der Waals surface area (Å²) in [6.45, 7) is 13.6. The predicted molar refractivity (Wildman–Crippen MR) is 155 cm³/mol. The van der Waals surface area contributed by atoms with Crippen molar-refractivity contribution in [2.45, 2.75) is 78.9 Å². The van der Waals surface area contributed by atoms with Crippen LogP contribution in [0.3, 0.4) is 0 Å². The molecule has 200 valence electrons. The molecule has 0 bridgehead atoms. The second-order valence-corrected chi connectivity index (χ2v) is 9.93. The van der Waals surface area contributed by atoms with Crippen LogP contribution in [0.4, 0.5) is 5.69 Å². The van der Waals surface area contributed by atoms with E-state index in [2.05, 4.69) is 55.0 Å². The summed E-state index contributed by atoms with van der Waals surface area (Å²) in [6, 6.07) is 10.5. The summed E-state index contributed by atoms with van der Waals surface area (Å²) >= 11 is 0. The van der Waals surface area contributed by atoms with Crippen molar-refractivity contribution in [2.24, 2.45) is 0 Å². The largest absolute Gasteiger partial charge is 0.497 e. The van der Waals surface area contributed by atoms with Crippen molar-refractivity contribution in [2.75, 3.05) is 25.9 Å². The number of pyridine rings is 1. The van der Waals surface area contributed by atoms with E-state index in [-0.39, 0.29) is 0 Å². The van der Waals surface area contributed by atoms with E-state index >= 15 is 0 Å². The number of hydrogen-bond acceptors (Lipinski definition) is 6. The van der Waals surface area contributed by atoms with Gasteiger partial charge < -0.3 is 15.8 Å². The van der Waals surface area contributed by atoms with Gasteiger partial charge in [0, 0.05) is 59.5 Å². The zero-order valence-corrected chi connectivity index (χ0v) is 23.5. The lowest BCUT2D eigenvalue weighted by atomic mass is 9.93. The van der Waals surface area contributed by atoms with Gasteiger partial charge in [-0.05, 0) is 82.0 Å². The molecule has 3 rings (SSSR count). The van der Waals surface area contributed by atoms with Gasteiger partial charge in [0.05, 0.1) is 12.8 Å². The number of aromatic nitrogens is 1. The Morgan fingerprint density at radius 1 is 1.22 bits per heavy atom. The molecular weight excluding hydrogens is 458 g/mol. The van der Waals surface area contributed by atoms with Crippen LogP contribution >= 0.6 is 0 Å². The van der Waals surface area contributed by atoms with Crippen LogP contribution in [0.25, 0.3) is 0 Å². The third kappa shape index (κ3) is 7.08. The van der Waals surface area contributed by atoms with Gasteiger partial charge >= 0.3 is 0 Å². The standard InChI is InChI=1S/C31H45N5O/c1-7-24-11-10-12-30(37-6)27(24)20-36(9-3)22(5)29(8-2)35-19-23-13-14-28(32)26(18-23)31(33)25-15-16-34-21(4)17-25/h12-18,22,29,33,35H,7-11,19-20,32H2,1-6H3. The summed E-state index contributed by atoms with van der Waals surface area (Å²) in [7, 11) is 1.79. The summed E-state index contributed by atoms with van der Waals surface area (Å²) in [4.78, 5) is 6.81. The predicted octanol–water partition coefficient (Wildman–Crippen LogP) is 6.00. The van der Waals surface area contributed by atoms with Gasteiger partial charge in [-0.15, -0.1) is 0 Å². The molecule has 1 aliphatic carbocycles. The first-order valence-electron chi connectivity index (χ1n) is 13.7. The van der Waals surface area contributed by atoms with E-state index in [0.29, 0.717) is 23.5 Å². The fraction of sp³-hybridized carbons (Fsp3) is 0.484. The molecule has 2 unspecified atom stereocenters. The normalized spacial score (nSPS) is 15.5. The SMILES string of the molecule is CCC1=C(CN(CC)C(C)C(CC)NCc2ccc(N)c(C(=N)c3ccnc(C)c3)c2)C(OC)=CCC1. The number of methoxy groups -OCH3 is 1. The molecule has 0 saturated carbocycles. The van der Waals surface area contributed by atoms with Crippen LogP contribution < -0.4 is 11.1 Å². The molecule has 0 aliphatic heterocycles. The van der Waals surface area contributed by atoms with Crippen LogP contribution in [0.15, 0.2) is 59.5 Å². The van der Waals surface area contributed by atoms with Gasteiger partial charge in [0.25, 0.3) is 0 Å². The first-order chi connectivity index (χ1) is 17.8. The van der Waals surface area contributed by atoms with Gasteiger partial charge in [-0.25, -0.2) is 0 Å². The molecule has 37 heavy (non-hydrogen) atoms. The number of rotatable bonds is 13. The Balaban J connectivity index is 1.72. The summed E-state index contributed by atoms with van der Waals surface area (Å²) in [6.07, 6.45) is 8.28. The minimum absolute atomic E-state index is 0.326. The van der Waals surface area contributed by atoms with E-state index in [4.69, 9.17) is 15.9 Å². The van der Waals surface area contributed by atoms with E-state index in [1.54, 1.807) is 13.3 Å². The topological polar surface area (TPSA) is 87.3 Å². The van der Waals surface area contributed by atoms with Crippen LogP contribution in [0.2, 0.25) is 0 Å². The molecule has 6 nitrogen and oxygen atoms in total. The molecule has 2 aromatic rings. The zero-order chi connectivity index (χ0) is 26.9. The van der Waals surface area contributed by atoms with Crippen LogP contribution in [0.1, 0.15) is 75.8 Å². The van der Waals surface area contributed by atoms with Gasteiger partial charge in [0.2, 0.25) is 0 Å². The number of nitrogens with zero attached hydrogens (tertiary/aromatic N) is 2. The van der Waals surface area contributed by atoms with Crippen molar-refractivity contribution < 1.29 is 4.74 Å². The van der Waals surface area contributed by atoms with E-state index in [0.717, 1.165) is 73.5 Å². The summed E-state index contributed by atoms with van der Waals surface area (Å²) in [5.74, 6) is 1.05. The number of anilines is 1. The van der Waals surface area contributed by atoms with Gasteiger partial charge in [-0.2, -0.15) is 0 Å². The molecule has 1 aromatic carbocycles. The van der Waals surface area contributed by atoms with Crippen LogP contribution in [0.5, 0.6) is 0 Å². The number of nitrogens with two attached hydrogens (primary N) is 1. The molecule has 1 heterocycles. The smallest absolute Gasteiger partial charge is 0.119 e. The molecule has 1 aromatic heterocycles. The van der Waals surface area contributed by atoms with Gasteiger partial charge in [0.1, 0.15) is 5.76 Å². The third-order valence-corrected chi connectivity index (χ3v) is 7.65. The van der Waals surface area contributed by atoms with Crippen molar-refractivity contribution in [3.63, 3.8) is 0 Å². The zero-order valence-electron chi connectivity index (χ0n) is 23.5.